The van der Waals surface area contributed by atoms with Crippen molar-refractivity contribution < 1.29 is 9.53 Å². The summed E-state index contributed by atoms with van der Waals surface area (Å²) < 4.78 is 5.09. The molecular weight excluding hydrogens is 168 g/mol. The topological polar surface area (TPSA) is 52.1 Å². The Bertz CT molecular complexity index is 262. The maximum atomic E-state index is 11.3. The lowest BCUT2D eigenvalue weighted by Crippen LogP contribution is -2.11. The molecule has 0 radical (unpaired) electrons. The fourth-order valence-electron chi connectivity index (χ4n) is 0.839. The molecule has 1 rings (SSSR count). The van der Waals surface area contributed by atoms with Crippen molar-refractivity contribution in [3.8, 4) is 0 Å². The van der Waals surface area contributed by atoms with Gasteiger partial charge >= 0.3 is 0 Å². The SMILES string of the molecule is CCCOCC(=O)c1ccncn1. The van der Waals surface area contributed by atoms with Crippen LogP contribution in [0.5, 0.6) is 0 Å². The van der Waals surface area contributed by atoms with E-state index in [1.807, 2.05) is 6.92 Å². The number of hydrogen-bond donors (Lipinski definition) is 0. The Kier molecular flexibility index (Phi) is 4.05. The Balaban J connectivity index is 2.40. The van der Waals surface area contributed by atoms with Crippen LogP contribution in [-0.4, -0.2) is 29.0 Å². The minimum atomic E-state index is -0.101. The Morgan fingerprint density at radius 2 is 2.46 bits per heavy atom. The zero-order valence-electron chi connectivity index (χ0n) is 7.56. The van der Waals surface area contributed by atoms with Crippen molar-refractivity contribution in [3.05, 3.63) is 24.3 Å². The predicted molar refractivity (Wildman–Crippen MR) is 47.5 cm³/mol. The number of nitrogens with zero attached hydrogens (tertiary/aromatic N) is 2. The van der Waals surface area contributed by atoms with Gasteiger partial charge in [0, 0.05) is 12.8 Å². The van der Waals surface area contributed by atoms with E-state index in [0.717, 1.165) is 6.42 Å². The predicted octanol–water partition coefficient (Wildman–Crippen LogP) is 1.09. The molecule has 4 nitrogen and oxygen atoms in total. The van der Waals surface area contributed by atoms with Gasteiger partial charge in [-0.2, -0.15) is 0 Å². The van der Waals surface area contributed by atoms with E-state index < -0.39 is 0 Å². The second-order valence-electron chi connectivity index (χ2n) is 2.57. The number of ether oxygens (including phenoxy) is 1. The molecular formula is C9H12N2O2. The third-order valence-electron chi connectivity index (χ3n) is 1.45. The van der Waals surface area contributed by atoms with Crippen molar-refractivity contribution >= 4 is 5.78 Å². The van der Waals surface area contributed by atoms with E-state index in [1.54, 1.807) is 12.3 Å². The lowest BCUT2D eigenvalue weighted by Gasteiger charge is -2.00. The monoisotopic (exact) mass is 180 g/mol. The molecule has 0 atom stereocenters. The molecule has 0 saturated heterocycles. The van der Waals surface area contributed by atoms with Crippen LogP contribution in [0, 0.1) is 0 Å². The van der Waals surface area contributed by atoms with Crippen molar-refractivity contribution in [1.29, 1.82) is 0 Å². The summed E-state index contributed by atoms with van der Waals surface area (Å²) in [4.78, 5) is 18.8. The molecule has 0 aliphatic carbocycles. The second kappa shape index (κ2) is 5.37. The summed E-state index contributed by atoms with van der Waals surface area (Å²) in [6.07, 6.45) is 3.81. The molecule has 1 aromatic heterocycles. The third kappa shape index (κ3) is 3.29. The van der Waals surface area contributed by atoms with Gasteiger partial charge in [-0.25, -0.2) is 9.97 Å². The summed E-state index contributed by atoms with van der Waals surface area (Å²) in [5.74, 6) is -0.101. The smallest absolute Gasteiger partial charge is 0.206 e. The minimum Gasteiger partial charge on any atom is -0.373 e. The van der Waals surface area contributed by atoms with Gasteiger partial charge in [0.25, 0.3) is 0 Å². The van der Waals surface area contributed by atoms with Gasteiger partial charge in [-0.3, -0.25) is 4.79 Å². The molecule has 0 unspecified atom stereocenters. The van der Waals surface area contributed by atoms with Crippen LogP contribution in [0.4, 0.5) is 0 Å². The Morgan fingerprint density at radius 1 is 1.62 bits per heavy atom. The fourth-order valence-corrected chi connectivity index (χ4v) is 0.839. The molecule has 0 N–H and O–H groups in total. The van der Waals surface area contributed by atoms with Crippen LogP contribution in [0.15, 0.2) is 18.6 Å². The summed E-state index contributed by atoms with van der Waals surface area (Å²) in [6.45, 7) is 2.71. The van der Waals surface area contributed by atoms with Crippen LogP contribution >= 0.6 is 0 Å². The molecule has 0 spiro atoms. The first-order valence-electron chi connectivity index (χ1n) is 4.21. The van der Waals surface area contributed by atoms with Gasteiger partial charge in [-0.1, -0.05) is 6.92 Å². The molecule has 0 aromatic carbocycles. The van der Waals surface area contributed by atoms with Crippen LogP contribution in [0.3, 0.4) is 0 Å². The minimum absolute atomic E-state index is 0.101. The molecule has 0 fully saturated rings. The second-order valence-corrected chi connectivity index (χ2v) is 2.57. The molecule has 4 heteroatoms. The van der Waals surface area contributed by atoms with Crippen molar-refractivity contribution in [2.24, 2.45) is 0 Å². The van der Waals surface area contributed by atoms with Crippen LogP contribution in [0.2, 0.25) is 0 Å². The van der Waals surface area contributed by atoms with Gasteiger partial charge in [0.15, 0.2) is 0 Å². The zero-order valence-corrected chi connectivity index (χ0v) is 7.56. The third-order valence-corrected chi connectivity index (χ3v) is 1.45. The van der Waals surface area contributed by atoms with Crippen molar-refractivity contribution in [1.82, 2.24) is 9.97 Å². The molecule has 0 aliphatic rings. The summed E-state index contributed by atoms with van der Waals surface area (Å²) in [5.41, 5.74) is 0.408. The van der Waals surface area contributed by atoms with E-state index in [9.17, 15) is 4.79 Å². The number of aromatic nitrogens is 2. The largest absolute Gasteiger partial charge is 0.373 e. The van der Waals surface area contributed by atoms with Crippen molar-refractivity contribution in [2.45, 2.75) is 13.3 Å². The highest BCUT2D eigenvalue weighted by Gasteiger charge is 2.05. The fraction of sp³-hybridized carbons (Fsp3) is 0.444. The summed E-state index contributed by atoms with van der Waals surface area (Å²) in [7, 11) is 0. The van der Waals surface area contributed by atoms with Crippen LogP contribution in [-0.2, 0) is 4.74 Å². The first-order chi connectivity index (χ1) is 6.34. The number of ketones is 1. The van der Waals surface area contributed by atoms with Gasteiger partial charge in [0.2, 0.25) is 5.78 Å². The number of rotatable bonds is 5. The van der Waals surface area contributed by atoms with Gasteiger partial charge in [-0.15, -0.1) is 0 Å². The molecule has 13 heavy (non-hydrogen) atoms. The van der Waals surface area contributed by atoms with Crippen LogP contribution in [0.25, 0.3) is 0 Å². The average Bonchev–Trinajstić information content (AvgIpc) is 2.19. The van der Waals surface area contributed by atoms with Gasteiger partial charge in [-0.05, 0) is 12.5 Å². The number of carbonyl (C=O) groups is 1. The Morgan fingerprint density at radius 3 is 3.08 bits per heavy atom. The quantitative estimate of drug-likeness (QED) is 0.502. The van der Waals surface area contributed by atoms with Crippen molar-refractivity contribution in [3.63, 3.8) is 0 Å². The first kappa shape index (κ1) is 9.80. The van der Waals surface area contributed by atoms with Crippen molar-refractivity contribution in [2.75, 3.05) is 13.2 Å². The zero-order chi connectivity index (χ0) is 9.52. The molecule has 0 saturated carbocycles. The van der Waals surface area contributed by atoms with E-state index >= 15 is 0 Å². The molecule has 1 aromatic rings. The van der Waals surface area contributed by atoms with Gasteiger partial charge in [0.05, 0.1) is 0 Å². The normalized spacial score (nSPS) is 9.92. The maximum Gasteiger partial charge on any atom is 0.206 e. The number of Topliss-reactive ketones (excluding diaryl/α,β-unsaturated/α-hetero) is 1. The molecule has 0 amide bonds. The molecule has 1 heterocycles. The van der Waals surface area contributed by atoms with Gasteiger partial charge < -0.3 is 4.74 Å². The highest BCUT2D eigenvalue weighted by atomic mass is 16.5. The van der Waals surface area contributed by atoms with Gasteiger partial charge in [0.1, 0.15) is 18.6 Å². The van der Waals surface area contributed by atoms with E-state index in [1.165, 1.54) is 6.33 Å². The van der Waals surface area contributed by atoms with E-state index in [4.69, 9.17) is 4.74 Å². The number of carbonyl (C=O) groups excluding carboxylic acids is 1. The van der Waals surface area contributed by atoms with Crippen LogP contribution in [0.1, 0.15) is 23.8 Å². The highest BCUT2D eigenvalue weighted by molar-refractivity contribution is 5.95. The molecule has 0 bridgehead atoms. The van der Waals surface area contributed by atoms with E-state index in [2.05, 4.69) is 9.97 Å². The molecule has 0 aliphatic heterocycles. The summed E-state index contributed by atoms with van der Waals surface area (Å²) in [5, 5.41) is 0. The lowest BCUT2D eigenvalue weighted by atomic mass is 10.3. The molecule has 70 valence electrons. The highest BCUT2D eigenvalue weighted by Crippen LogP contribution is 1.94. The standard InChI is InChI=1S/C9H12N2O2/c1-2-5-13-6-9(12)8-3-4-10-7-11-8/h3-4,7H,2,5-6H2,1H3. The Hall–Kier alpha value is -1.29. The maximum absolute atomic E-state index is 11.3. The van der Waals surface area contributed by atoms with E-state index in [0.29, 0.717) is 12.3 Å². The average molecular weight is 180 g/mol. The van der Waals surface area contributed by atoms with E-state index in [-0.39, 0.29) is 12.4 Å². The summed E-state index contributed by atoms with van der Waals surface area (Å²) in [6, 6.07) is 1.58. The lowest BCUT2D eigenvalue weighted by molar-refractivity contribution is 0.0756. The Labute approximate surface area is 77.0 Å². The first-order valence-corrected chi connectivity index (χ1v) is 4.21. The number of hydrogen-bond acceptors (Lipinski definition) is 4. The van der Waals surface area contributed by atoms with Crippen LogP contribution < -0.4 is 0 Å². The summed E-state index contributed by atoms with van der Waals surface area (Å²) >= 11 is 0.